The van der Waals surface area contributed by atoms with E-state index in [0.29, 0.717) is 29.3 Å². The SMILES string of the molecule is Cc1cc(C)c(C)c(S(=O)(=O)N2CCN(C(=O)COc3ccccc3C#N)CC2)c1C. The predicted molar refractivity (Wildman–Crippen MR) is 117 cm³/mol. The van der Waals surface area contributed by atoms with Crippen LogP contribution in [0.25, 0.3) is 0 Å². The number of rotatable bonds is 5. The molecule has 2 aromatic rings. The number of nitriles is 1. The molecule has 0 saturated carbocycles. The first-order valence-electron chi connectivity index (χ1n) is 10.1. The Morgan fingerprint density at radius 1 is 1.03 bits per heavy atom. The Hall–Kier alpha value is -2.89. The van der Waals surface area contributed by atoms with Gasteiger partial charge in [-0.25, -0.2) is 8.42 Å². The number of benzene rings is 2. The molecule has 1 aliphatic heterocycles. The first-order valence-corrected chi connectivity index (χ1v) is 11.6. The highest BCUT2D eigenvalue weighted by Gasteiger charge is 2.33. The minimum Gasteiger partial charge on any atom is -0.482 e. The molecule has 164 valence electrons. The first kappa shape index (κ1) is 22.8. The van der Waals surface area contributed by atoms with Crippen LogP contribution >= 0.6 is 0 Å². The Morgan fingerprint density at radius 3 is 2.19 bits per heavy atom. The Morgan fingerprint density at radius 2 is 1.61 bits per heavy atom. The Balaban J connectivity index is 1.67. The summed E-state index contributed by atoms with van der Waals surface area (Å²) in [5.41, 5.74) is 3.80. The number of piperazine rings is 1. The number of carbonyl (C=O) groups is 1. The van der Waals surface area contributed by atoms with Crippen molar-refractivity contribution in [3.05, 3.63) is 58.1 Å². The molecular formula is C23H27N3O4S. The molecule has 0 atom stereocenters. The molecule has 8 heteroatoms. The highest BCUT2D eigenvalue weighted by atomic mass is 32.2. The summed E-state index contributed by atoms with van der Waals surface area (Å²) < 4.78 is 33.7. The molecule has 0 aromatic heterocycles. The summed E-state index contributed by atoms with van der Waals surface area (Å²) in [6, 6.07) is 10.8. The van der Waals surface area contributed by atoms with Crippen LogP contribution in [-0.4, -0.2) is 56.3 Å². The van der Waals surface area contributed by atoms with Crippen molar-refractivity contribution in [3.8, 4) is 11.8 Å². The van der Waals surface area contributed by atoms with E-state index in [4.69, 9.17) is 10.00 Å². The average molecular weight is 442 g/mol. The summed E-state index contributed by atoms with van der Waals surface area (Å²) in [5.74, 6) is 0.129. The van der Waals surface area contributed by atoms with Gasteiger partial charge >= 0.3 is 0 Å². The lowest BCUT2D eigenvalue weighted by molar-refractivity contribution is -0.134. The molecule has 1 heterocycles. The summed E-state index contributed by atoms with van der Waals surface area (Å²) in [6.45, 7) is 8.37. The molecule has 0 bridgehead atoms. The zero-order valence-electron chi connectivity index (χ0n) is 18.3. The monoisotopic (exact) mass is 441 g/mol. The van der Waals surface area contributed by atoms with Gasteiger partial charge in [0, 0.05) is 26.2 Å². The Bertz CT molecular complexity index is 1120. The highest BCUT2D eigenvalue weighted by molar-refractivity contribution is 7.89. The molecule has 0 N–H and O–H groups in total. The smallest absolute Gasteiger partial charge is 0.260 e. The molecule has 0 spiro atoms. The number of sulfonamides is 1. The Kier molecular flexibility index (Phi) is 6.68. The van der Waals surface area contributed by atoms with Crippen molar-refractivity contribution in [1.29, 1.82) is 5.26 Å². The summed E-state index contributed by atoms with van der Waals surface area (Å²) in [4.78, 5) is 14.5. The van der Waals surface area contributed by atoms with Gasteiger partial charge < -0.3 is 9.64 Å². The Labute approximate surface area is 183 Å². The van der Waals surface area contributed by atoms with Crippen molar-refractivity contribution in [2.75, 3.05) is 32.8 Å². The number of amides is 1. The normalized spacial score (nSPS) is 14.9. The topological polar surface area (TPSA) is 90.7 Å². The predicted octanol–water partition coefficient (Wildman–Crippen LogP) is 2.70. The number of ether oxygens (including phenoxy) is 1. The third-order valence-electron chi connectivity index (χ3n) is 5.85. The van der Waals surface area contributed by atoms with Gasteiger partial charge in [-0.15, -0.1) is 0 Å². The van der Waals surface area contributed by atoms with Gasteiger partial charge in [0.25, 0.3) is 5.91 Å². The van der Waals surface area contributed by atoms with E-state index in [1.54, 1.807) is 29.2 Å². The third kappa shape index (κ3) is 4.58. The molecule has 1 aliphatic rings. The van der Waals surface area contributed by atoms with Gasteiger partial charge in [0.1, 0.15) is 11.8 Å². The molecule has 1 amide bonds. The number of hydrogen-bond acceptors (Lipinski definition) is 5. The van der Waals surface area contributed by atoms with Crippen LogP contribution in [0.2, 0.25) is 0 Å². The number of carbonyl (C=O) groups excluding carboxylic acids is 1. The number of aryl methyl sites for hydroxylation is 2. The van der Waals surface area contributed by atoms with E-state index in [9.17, 15) is 13.2 Å². The quantitative estimate of drug-likeness (QED) is 0.712. The van der Waals surface area contributed by atoms with Crippen molar-refractivity contribution < 1.29 is 17.9 Å². The van der Waals surface area contributed by atoms with Crippen LogP contribution < -0.4 is 4.74 Å². The number of hydrogen-bond donors (Lipinski definition) is 0. The molecule has 0 unspecified atom stereocenters. The lowest BCUT2D eigenvalue weighted by Crippen LogP contribution is -2.51. The highest BCUT2D eigenvalue weighted by Crippen LogP contribution is 2.29. The average Bonchev–Trinajstić information content (AvgIpc) is 2.76. The van der Waals surface area contributed by atoms with Crippen LogP contribution in [0.15, 0.2) is 35.2 Å². The molecule has 3 rings (SSSR count). The van der Waals surface area contributed by atoms with E-state index >= 15 is 0 Å². The van der Waals surface area contributed by atoms with Gasteiger partial charge in [0.15, 0.2) is 6.61 Å². The second-order valence-corrected chi connectivity index (χ2v) is 9.65. The summed E-state index contributed by atoms with van der Waals surface area (Å²) in [5, 5.41) is 9.12. The molecular weight excluding hydrogens is 414 g/mol. The lowest BCUT2D eigenvalue weighted by Gasteiger charge is -2.34. The van der Waals surface area contributed by atoms with Crippen LogP contribution in [-0.2, 0) is 14.8 Å². The molecule has 31 heavy (non-hydrogen) atoms. The van der Waals surface area contributed by atoms with Gasteiger partial charge in [0.05, 0.1) is 10.5 Å². The lowest BCUT2D eigenvalue weighted by atomic mass is 10.0. The molecule has 2 aromatic carbocycles. The van der Waals surface area contributed by atoms with Gasteiger partial charge in [-0.2, -0.15) is 9.57 Å². The summed E-state index contributed by atoms with van der Waals surface area (Å²) in [7, 11) is -3.65. The third-order valence-corrected chi connectivity index (χ3v) is 8.02. The molecule has 1 saturated heterocycles. The molecule has 0 aliphatic carbocycles. The minimum absolute atomic E-state index is 0.194. The molecule has 0 radical (unpaired) electrons. The van der Waals surface area contributed by atoms with E-state index in [1.165, 1.54) is 4.31 Å². The summed E-state index contributed by atoms with van der Waals surface area (Å²) in [6.07, 6.45) is 0. The van der Waals surface area contributed by atoms with Crippen molar-refractivity contribution in [2.24, 2.45) is 0 Å². The van der Waals surface area contributed by atoms with E-state index < -0.39 is 10.0 Å². The first-order chi connectivity index (χ1) is 14.7. The van der Waals surface area contributed by atoms with Crippen LogP contribution in [0.5, 0.6) is 5.75 Å². The minimum atomic E-state index is -3.65. The number of nitrogens with zero attached hydrogens (tertiary/aromatic N) is 3. The fourth-order valence-electron chi connectivity index (χ4n) is 3.79. The maximum Gasteiger partial charge on any atom is 0.260 e. The van der Waals surface area contributed by atoms with Crippen molar-refractivity contribution >= 4 is 15.9 Å². The number of para-hydroxylation sites is 1. The summed E-state index contributed by atoms with van der Waals surface area (Å²) >= 11 is 0. The maximum absolute atomic E-state index is 13.4. The van der Waals surface area contributed by atoms with E-state index in [0.717, 1.165) is 22.3 Å². The molecule has 7 nitrogen and oxygen atoms in total. The van der Waals surface area contributed by atoms with Crippen LogP contribution in [0.3, 0.4) is 0 Å². The van der Waals surface area contributed by atoms with Crippen molar-refractivity contribution in [1.82, 2.24) is 9.21 Å². The van der Waals surface area contributed by atoms with Crippen LogP contribution in [0.4, 0.5) is 0 Å². The fourth-order valence-corrected chi connectivity index (χ4v) is 5.79. The molecule has 1 fully saturated rings. The van der Waals surface area contributed by atoms with Crippen LogP contribution in [0.1, 0.15) is 27.8 Å². The maximum atomic E-state index is 13.4. The second kappa shape index (κ2) is 9.08. The van der Waals surface area contributed by atoms with Crippen molar-refractivity contribution in [3.63, 3.8) is 0 Å². The van der Waals surface area contributed by atoms with E-state index in [2.05, 4.69) is 0 Å². The zero-order chi connectivity index (χ0) is 22.8. The van der Waals surface area contributed by atoms with Crippen molar-refractivity contribution in [2.45, 2.75) is 32.6 Å². The largest absolute Gasteiger partial charge is 0.482 e. The van der Waals surface area contributed by atoms with Gasteiger partial charge in [-0.1, -0.05) is 18.2 Å². The zero-order valence-corrected chi connectivity index (χ0v) is 19.1. The fraction of sp³-hybridized carbons (Fsp3) is 0.391. The van der Waals surface area contributed by atoms with E-state index in [1.807, 2.05) is 39.8 Å². The van der Waals surface area contributed by atoms with E-state index in [-0.39, 0.29) is 25.6 Å². The van der Waals surface area contributed by atoms with Crippen LogP contribution in [0, 0.1) is 39.0 Å². The standard InChI is InChI=1S/C23H27N3O4S/c1-16-13-17(2)19(4)23(18(16)3)31(28,29)26-11-9-25(10-12-26)22(27)15-30-21-8-6-5-7-20(21)14-24/h5-8,13H,9-12,15H2,1-4H3. The van der Waals surface area contributed by atoms with Gasteiger partial charge in [0.2, 0.25) is 10.0 Å². The van der Waals surface area contributed by atoms with Gasteiger partial charge in [-0.05, 0) is 62.1 Å². The second-order valence-electron chi connectivity index (χ2n) is 7.77. The van der Waals surface area contributed by atoms with Gasteiger partial charge in [-0.3, -0.25) is 4.79 Å².